The second-order valence-electron chi connectivity index (χ2n) is 6.95. The van der Waals surface area contributed by atoms with Crippen LogP contribution in [0.4, 0.5) is 5.13 Å². The van der Waals surface area contributed by atoms with Gasteiger partial charge in [-0.05, 0) is 37.0 Å². The fourth-order valence-corrected chi connectivity index (χ4v) is 4.13. The molecule has 1 fully saturated rings. The minimum absolute atomic E-state index is 0.0350. The molecule has 0 aliphatic carbocycles. The van der Waals surface area contributed by atoms with Crippen LogP contribution in [-0.4, -0.2) is 43.2 Å². The van der Waals surface area contributed by atoms with Crippen molar-refractivity contribution < 1.29 is 18.7 Å². The summed E-state index contributed by atoms with van der Waals surface area (Å²) in [5.41, 5.74) is 0.485. The fourth-order valence-electron chi connectivity index (χ4n) is 3.12. The van der Waals surface area contributed by atoms with Crippen molar-refractivity contribution in [3.8, 4) is 11.5 Å². The lowest BCUT2D eigenvalue weighted by molar-refractivity contribution is -0.116. The van der Waals surface area contributed by atoms with E-state index >= 15 is 0 Å². The molecular formula is C21H25N3O4S. The monoisotopic (exact) mass is 415 g/mol. The van der Waals surface area contributed by atoms with Crippen LogP contribution in [0.1, 0.15) is 35.9 Å². The Morgan fingerprint density at radius 3 is 2.90 bits per heavy atom. The number of nitrogens with zero attached hydrogens (tertiary/aromatic N) is 2. The summed E-state index contributed by atoms with van der Waals surface area (Å²) in [6.45, 7) is 3.13. The molecule has 2 aromatic rings. The molecule has 1 saturated heterocycles. The predicted octanol–water partition coefficient (Wildman–Crippen LogP) is 4.23. The quantitative estimate of drug-likeness (QED) is 0.514. The highest BCUT2D eigenvalue weighted by Gasteiger charge is 2.29. The molecule has 0 spiro atoms. The third kappa shape index (κ3) is 5.71. The van der Waals surface area contributed by atoms with Crippen LogP contribution in [0.2, 0.25) is 0 Å². The summed E-state index contributed by atoms with van der Waals surface area (Å²) < 4.78 is 10.8. The number of ether oxygens (including phenoxy) is 1. The van der Waals surface area contributed by atoms with Gasteiger partial charge in [0.2, 0.25) is 5.91 Å². The number of carbonyl (C=O) groups excluding carboxylic acids is 2. The number of nitrogens with one attached hydrogen (secondary N) is 1. The van der Waals surface area contributed by atoms with Crippen molar-refractivity contribution in [2.24, 2.45) is 16.8 Å². The van der Waals surface area contributed by atoms with E-state index in [0.29, 0.717) is 53.9 Å². The highest BCUT2D eigenvalue weighted by molar-refractivity contribution is 7.18. The van der Waals surface area contributed by atoms with Crippen LogP contribution in [0.25, 0.3) is 11.5 Å². The van der Waals surface area contributed by atoms with Crippen molar-refractivity contribution in [1.29, 1.82) is 0 Å². The Bertz CT molecular complexity index is 880. The largest absolute Gasteiger partial charge is 0.463 e. The maximum Gasteiger partial charge on any atom is 0.226 e. The second kappa shape index (κ2) is 10.3. The number of hydrogen-bond donors (Lipinski definition) is 1. The molecule has 1 aliphatic rings. The molecule has 1 amide bonds. The number of carbonyl (C=O) groups is 2. The van der Waals surface area contributed by atoms with Gasteiger partial charge in [0.05, 0.1) is 6.26 Å². The number of amides is 1. The number of aliphatic imine (C=N–C) groups is 1. The number of hydrogen-bond acceptors (Lipinski definition) is 7. The van der Waals surface area contributed by atoms with Crippen LogP contribution in [0.3, 0.4) is 0 Å². The van der Waals surface area contributed by atoms with Gasteiger partial charge in [0.1, 0.15) is 10.6 Å². The molecular weight excluding hydrogens is 390 g/mol. The topological polar surface area (TPSA) is 93.8 Å². The Morgan fingerprint density at radius 1 is 1.41 bits per heavy atom. The van der Waals surface area contributed by atoms with Gasteiger partial charge in [-0.1, -0.05) is 24.3 Å². The van der Waals surface area contributed by atoms with Crippen molar-refractivity contribution >= 4 is 34.4 Å². The lowest BCUT2D eigenvalue weighted by Gasteiger charge is -2.20. The summed E-state index contributed by atoms with van der Waals surface area (Å²) in [6.07, 6.45) is 8.67. The Morgan fingerprint density at radius 2 is 2.21 bits per heavy atom. The van der Waals surface area contributed by atoms with E-state index in [1.165, 1.54) is 11.3 Å². The summed E-state index contributed by atoms with van der Waals surface area (Å²) in [6, 6.07) is 3.52. The van der Waals surface area contributed by atoms with Crippen LogP contribution in [0.15, 0.2) is 40.0 Å². The molecule has 3 rings (SSSR count). The standard InChI is InChI=1S/C21H25N3O4S/c1-14(5-3-9-22-2)13-17(25)23-21-24-18(16-6-4-10-28-16)20(29-21)19(26)15-7-11-27-12-8-15/h3-6,9-10,14-15H,7-8,11-13H2,1-2H3,(H,23,24,25)/b5-3-,22-9?. The zero-order chi connectivity index (χ0) is 20.6. The zero-order valence-electron chi connectivity index (χ0n) is 16.6. The van der Waals surface area contributed by atoms with E-state index in [4.69, 9.17) is 9.15 Å². The van der Waals surface area contributed by atoms with Gasteiger partial charge in [-0.15, -0.1) is 0 Å². The summed E-state index contributed by atoms with van der Waals surface area (Å²) in [5.74, 6) is 0.369. The molecule has 154 valence electrons. The predicted molar refractivity (Wildman–Crippen MR) is 114 cm³/mol. The molecule has 0 radical (unpaired) electrons. The van der Waals surface area contributed by atoms with Crippen LogP contribution < -0.4 is 5.32 Å². The SMILES string of the molecule is CN=C/C=C\C(C)CC(=O)Nc1nc(-c2ccco2)c(C(=O)C2CCOCC2)s1. The van der Waals surface area contributed by atoms with Gasteiger partial charge in [0.25, 0.3) is 0 Å². The molecule has 1 aliphatic heterocycles. The van der Waals surface area contributed by atoms with E-state index in [-0.39, 0.29) is 23.5 Å². The van der Waals surface area contributed by atoms with Crippen molar-refractivity contribution in [3.63, 3.8) is 0 Å². The lowest BCUT2D eigenvalue weighted by Crippen LogP contribution is -2.23. The number of aromatic nitrogens is 1. The maximum atomic E-state index is 13.1. The van der Waals surface area contributed by atoms with E-state index in [1.54, 1.807) is 31.7 Å². The average molecular weight is 416 g/mol. The minimum Gasteiger partial charge on any atom is -0.463 e. The zero-order valence-corrected chi connectivity index (χ0v) is 17.4. The third-order valence-corrected chi connectivity index (χ3v) is 5.61. The van der Waals surface area contributed by atoms with Gasteiger partial charge in [-0.3, -0.25) is 14.6 Å². The van der Waals surface area contributed by atoms with E-state index in [9.17, 15) is 9.59 Å². The molecule has 1 N–H and O–H groups in total. The summed E-state index contributed by atoms with van der Waals surface area (Å²) in [7, 11) is 1.69. The number of furan rings is 1. The van der Waals surface area contributed by atoms with Gasteiger partial charge < -0.3 is 14.5 Å². The first-order valence-electron chi connectivity index (χ1n) is 9.64. The number of rotatable bonds is 8. The fraction of sp³-hybridized carbons (Fsp3) is 0.429. The molecule has 2 aromatic heterocycles. The Balaban J connectivity index is 1.76. The van der Waals surface area contributed by atoms with Gasteiger partial charge in [0.15, 0.2) is 16.7 Å². The van der Waals surface area contributed by atoms with Gasteiger partial charge in [-0.2, -0.15) is 0 Å². The molecule has 7 nitrogen and oxygen atoms in total. The first-order chi connectivity index (χ1) is 14.1. The van der Waals surface area contributed by atoms with Crippen LogP contribution in [0, 0.1) is 11.8 Å². The van der Waals surface area contributed by atoms with E-state index in [1.807, 2.05) is 19.1 Å². The van der Waals surface area contributed by atoms with Crippen LogP contribution >= 0.6 is 11.3 Å². The highest BCUT2D eigenvalue weighted by Crippen LogP contribution is 2.35. The van der Waals surface area contributed by atoms with Crippen LogP contribution in [-0.2, 0) is 9.53 Å². The highest BCUT2D eigenvalue weighted by atomic mass is 32.1. The number of ketones is 1. The van der Waals surface area contributed by atoms with Crippen molar-refractivity contribution in [2.45, 2.75) is 26.2 Å². The van der Waals surface area contributed by atoms with Gasteiger partial charge >= 0.3 is 0 Å². The van der Waals surface area contributed by atoms with Gasteiger partial charge in [0, 0.05) is 38.8 Å². The number of allylic oxidation sites excluding steroid dienone is 2. The molecule has 8 heteroatoms. The molecule has 0 bridgehead atoms. The molecule has 1 atom stereocenters. The summed E-state index contributed by atoms with van der Waals surface area (Å²) in [5, 5.41) is 3.23. The molecule has 0 aromatic carbocycles. The average Bonchev–Trinajstić information content (AvgIpc) is 3.38. The smallest absolute Gasteiger partial charge is 0.226 e. The maximum absolute atomic E-state index is 13.1. The summed E-state index contributed by atoms with van der Waals surface area (Å²) in [4.78, 5) is 34.4. The van der Waals surface area contributed by atoms with E-state index in [2.05, 4.69) is 15.3 Å². The number of Topliss-reactive ketones (excluding diaryl/α,β-unsaturated/α-hetero) is 1. The first-order valence-corrected chi connectivity index (χ1v) is 10.5. The first kappa shape index (κ1) is 21.1. The van der Waals surface area contributed by atoms with E-state index in [0.717, 1.165) is 0 Å². The Labute approximate surface area is 173 Å². The molecule has 29 heavy (non-hydrogen) atoms. The lowest BCUT2D eigenvalue weighted by atomic mass is 9.94. The molecule has 0 saturated carbocycles. The molecule has 3 heterocycles. The van der Waals surface area contributed by atoms with Crippen molar-refractivity contribution in [1.82, 2.24) is 4.98 Å². The summed E-state index contributed by atoms with van der Waals surface area (Å²) >= 11 is 1.20. The van der Waals surface area contributed by atoms with Crippen LogP contribution in [0.5, 0.6) is 0 Å². The van der Waals surface area contributed by atoms with Crippen molar-refractivity contribution in [2.75, 3.05) is 25.6 Å². The third-order valence-electron chi connectivity index (χ3n) is 4.63. The minimum atomic E-state index is -0.152. The van der Waals surface area contributed by atoms with Gasteiger partial charge in [-0.25, -0.2) is 4.98 Å². The number of anilines is 1. The Hall–Kier alpha value is -2.58. The van der Waals surface area contributed by atoms with E-state index < -0.39 is 0 Å². The Kier molecular flexibility index (Phi) is 7.48. The molecule has 1 unspecified atom stereocenters. The second-order valence-corrected chi connectivity index (χ2v) is 7.95. The van der Waals surface area contributed by atoms with Crippen molar-refractivity contribution in [3.05, 3.63) is 35.4 Å². The number of thiazole rings is 1. The normalized spacial score (nSPS) is 16.5.